The summed E-state index contributed by atoms with van der Waals surface area (Å²) >= 11 is 0. The van der Waals surface area contributed by atoms with Gasteiger partial charge in [-0.25, -0.2) is 5.26 Å². The second-order valence-corrected chi connectivity index (χ2v) is 5.19. The maximum Gasteiger partial charge on any atom is 0.325 e. The molecule has 8 nitrogen and oxygen atoms in total. The molecule has 0 bridgehead atoms. The van der Waals surface area contributed by atoms with Crippen LogP contribution in [0.2, 0.25) is 0 Å². The SMILES string of the molecule is CCC(C)c1ccc(S(=O)(=O)OOOOOO)cc1. The normalized spacial score (nSPS) is 13.4. The first-order valence-electron chi connectivity index (χ1n) is 5.36. The van der Waals surface area contributed by atoms with Crippen molar-refractivity contribution >= 4 is 10.1 Å². The van der Waals surface area contributed by atoms with E-state index in [4.69, 9.17) is 5.26 Å². The summed E-state index contributed by atoms with van der Waals surface area (Å²) in [6.07, 6.45) is 0.943. The minimum absolute atomic E-state index is 0.118. The van der Waals surface area contributed by atoms with Crippen LogP contribution in [-0.4, -0.2) is 13.7 Å². The van der Waals surface area contributed by atoms with Gasteiger partial charge in [-0.3, -0.25) is 0 Å². The Balaban J connectivity index is 2.68. The first-order chi connectivity index (χ1) is 9.01. The number of hydrogen-bond donors (Lipinski definition) is 1. The molecular weight excluding hydrogens is 280 g/mol. The number of benzene rings is 1. The summed E-state index contributed by atoms with van der Waals surface area (Å²) in [5, 5.41) is 21.3. The number of hydrogen-bond acceptors (Lipinski definition) is 8. The molecule has 0 fully saturated rings. The minimum atomic E-state index is -4.15. The Bertz CT molecular complexity index is 469. The van der Waals surface area contributed by atoms with Gasteiger partial charge in [0.2, 0.25) is 0 Å². The Morgan fingerprint density at radius 3 is 2.32 bits per heavy atom. The van der Waals surface area contributed by atoms with Crippen LogP contribution in [0.5, 0.6) is 0 Å². The molecule has 0 spiro atoms. The second kappa shape index (κ2) is 7.50. The van der Waals surface area contributed by atoms with Crippen molar-refractivity contribution in [1.29, 1.82) is 0 Å². The third kappa shape index (κ3) is 4.84. The fraction of sp³-hybridized carbons (Fsp3) is 0.400. The van der Waals surface area contributed by atoms with Crippen LogP contribution < -0.4 is 0 Å². The molecule has 0 radical (unpaired) electrons. The maximum atomic E-state index is 11.6. The van der Waals surface area contributed by atoms with Crippen LogP contribution in [-0.2, 0) is 34.6 Å². The first-order valence-corrected chi connectivity index (χ1v) is 6.76. The van der Waals surface area contributed by atoms with E-state index >= 15 is 0 Å². The molecule has 1 rings (SSSR count). The third-order valence-electron chi connectivity index (χ3n) is 2.55. The predicted octanol–water partition coefficient (Wildman–Crippen LogP) is 2.10. The van der Waals surface area contributed by atoms with Crippen LogP contribution in [0.3, 0.4) is 0 Å². The molecule has 0 saturated carbocycles. The standard InChI is InChI=1S/C10H14O8S/c1-3-8(2)9-4-6-10(7-5-9)19(12,13)18-17-16-15-14-11/h4-8,11H,3H2,1-2H3. The Labute approximate surface area is 110 Å². The molecule has 0 aliphatic carbocycles. The maximum absolute atomic E-state index is 11.6. The van der Waals surface area contributed by atoms with Crippen LogP contribution in [0.15, 0.2) is 29.2 Å². The fourth-order valence-corrected chi connectivity index (χ4v) is 1.95. The Morgan fingerprint density at radius 2 is 1.79 bits per heavy atom. The van der Waals surface area contributed by atoms with Crippen molar-refractivity contribution in [2.75, 3.05) is 0 Å². The van der Waals surface area contributed by atoms with Gasteiger partial charge in [-0.1, -0.05) is 30.3 Å². The van der Waals surface area contributed by atoms with Crippen molar-refractivity contribution in [1.82, 2.24) is 0 Å². The summed E-state index contributed by atoms with van der Waals surface area (Å²) < 4.78 is 27.1. The van der Waals surface area contributed by atoms with Gasteiger partial charge in [-0.15, -0.1) is 0 Å². The quantitative estimate of drug-likeness (QED) is 0.442. The zero-order chi connectivity index (χ0) is 14.3. The van der Waals surface area contributed by atoms with Gasteiger partial charge >= 0.3 is 10.1 Å². The van der Waals surface area contributed by atoms with E-state index in [9.17, 15) is 8.42 Å². The molecule has 0 saturated heterocycles. The van der Waals surface area contributed by atoms with Crippen molar-refractivity contribution in [2.45, 2.75) is 31.1 Å². The summed E-state index contributed by atoms with van der Waals surface area (Å²) in [7, 11) is -4.15. The van der Waals surface area contributed by atoms with E-state index < -0.39 is 10.1 Å². The lowest BCUT2D eigenvalue weighted by molar-refractivity contribution is -0.741. The summed E-state index contributed by atoms with van der Waals surface area (Å²) in [5.74, 6) is 0.326. The highest BCUT2D eigenvalue weighted by Gasteiger charge is 2.18. The lowest BCUT2D eigenvalue weighted by Gasteiger charge is -2.09. The van der Waals surface area contributed by atoms with Gasteiger partial charge < -0.3 is 0 Å². The van der Waals surface area contributed by atoms with Crippen LogP contribution in [0.25, 0.3) is 0 Å². The minimum Gasteiger partial charge on any atom is -0.219 e. The van der Waals surface area contributed by atoms with Crippen molar-refractivity contribution in [2.24, 2.45) is 0 Å². The monoisotopic (exact) mass is 294 g/mol. The van der Waals surface area contributed by atoms with Crippen LogP contribution in [0.1, 0.15) is 31.7 Å². The Morgan fingerprint density at radius 1 is 1.16 bits per heavy atom. The lowest BCUT2D eigenvalue weighted by atomic mass is 9.99. The van der Waals surface area contributed by atoms with Crippen LogP contribution >= 0.6 is 0 Å². The molecule has 108 valence electrons. The van der Waals surface area contributed by atoms with E-state index in [1.54, 1.807) is 12.1 Å². The van der Waals surface area contributed by atoms with Crippen LogP contribution in [0, 0.1) is 0 Å². The van der Waals surface area contributed by atoms with Crippen molar-refractivity contribution in [3.05, 3.63) is 29.8 Å². The predicted molar refractivity (Wildman–Crippen MR) is 60.4 cm³/mol. The molecule has 1 atom stereocenters. The molecule has 19 heavy (non-hydrogen) atoms. The molecule has 1 aromatic carbocycles. The van der Waals surface area contributed by atoms with Gasteiger partial charge in [0.25, 0.3) is 0 Å². The van der Waals surface area contributed by atoms with E-state index in [-0.39, 0.29) is 4.90 Å². The lowest BCUT2D eigenvalue weighted by Crippen LogP contribution is -2.08. The van der Waals surface area contributed by atoms with Crippen molar-refractivity contribution in [3.8, 4) is 0 Å². The molecule has 1 N–H and O–H groups in total. The van der Waals surface area contributed by atoms with E-state index in [1.807, 2.05) is 13.8 Å². The molecule has 9 heteroatoms. The third-order valence-corrected chi connectivity index (χ3v) is 3.64. The fourth-order valence-electron chi connectivity index (χ4n) is 1.31. The molecule has 1 unspecified atom stereocenters. The zero-order valence-corrected chi connectivity index (χ0v) is 11.1. The highest BCUT2D eigenvalue weighted by Crippen LogP contribution is 2.21. The van der Waals surface area contributed by atoms with E-state index in [1.165, 1.54) is 12.1 Å². The summed E-state index contributed by atoms with van der Waals surface area (Å²) in [5.41, 5.74) is 1.01. The van der Waals surface area contributed by atoms with Gasteiger partial charge in [0.1, 0.15) is 0 Å². The topological polar surface area (TPSA) is 101 Å². The van der Waals surface area contributed by atoms with Gasteiger partial charge in [-0.2, -0.15) is 8.42 Å². The smallest absolute Gasteiger partial charge is 0.219 e. The molecule has 0 aromatic heterocycles. The highest BCUT2D eigenvalue weighted by atomic mass is 32.2. The average molecular weight is 294 g/mol. The van der Waals surface area contributed by atoms with Gasteiger partial charge in [-0.05, 0) is 50.2 Å². The Kier molecular flexibility index (Phi) is 6.31. The molecule has 0 amide bonds. The summed E-state index contributed by atoms with van der Waals surface area (Å²) in [6, 6.07) is 6.12. The molecule has 1 aromatic rings. The van der Waals surface area contributed by atoms with Gasteiger partial charge in [0.15, 0.2) is 0 Å². The molecular formula is C10H14O8S. The van der Waals surface area contributed by atoms with E-state index in [0.29, 0.717) is 5.92 Å². The van der Waals surface area contributed by atoms with Crippen molar-refractivity contribution < 1.29 is 38.2 Å². The number of rotatable bonds is 8. The largest absolute Gasteiger partial charge is 0.325 e. The van der Waals surface area contributed by atoms with Gasteiger partial charge in [0.05, 0.1) is 4.90 Å². The zero-order valence-electron chi connectivity index (χ0n) is 10.3. The summed E-state index contributed by atoms with van der Waals surface area (Å²) in [4.78, 5) is -0.118. The molecule has 0 aliphatic heterocycles. The molecule has 0 aliphatic rings. The van der Waals surface area contributed by atoms with E-state index in [0.717, 1.165) is 12.0 Å². The Hall–Kier alpha value is -1.07. The van der Waals surface area contributed by atoms with Crippen molar-refractivity contribution in [3.63, 3.8) is 0 Å². The molecule has 0 heterocycles. The van der Waals surface area contributed by atoms with Crippen LogP contribution in [0.4, 0.5) is 0 Å². The summed E-state index contributed by atoms with van der Waals surface area (Å²) in [6.45, 7) is 4.07. The highest BCUT2D eigenvalue weighted by molar-refractivity contribution is 7.86. The van der Waals surface area contributed by atoms with Gasteiger partial charge in [0, 0.05) is 0 Å². The second-order valence-electron chi connectivity index (χ2n) is 3.68. The van der Waals surface area contributed by atoms with E-state index in [2.05, 4.69) is 24.5 Å². The first kappa shape index (κ1) is 16.0. The average Bonchev–Trinajstić information content (AvgIpc) is 2.43.